The highest BCUT2D eigenvalue weighted by atomic mass is 16.4. The molecule has 0 radical (unpaired) electrons. The molecule has 0 aliphatic rings. The first-order valence-electron chi connectivity index (χ1n) is 5.99. The van der Waals surface area contributed by atoms with Crippen LogP contribution in [0.25, 0.3) is 0 Å². The first-order chi connectivity index (χ1) is 7.75. The van der Waals surface area contributed by atoms with Gasteiger partial charge in [-0.05, 0) is 33.7 Å². The largest absolute Gasteiger partial charge is 0.480 e. The Labute approximate surface area is 103 Å². The number of hydrogen-bond donors (Lipinski definition) is 2. The molecule has 0 saturated heterocycles. The number of nitrogens with zero attached hydrogens (tertiary/aromatic N) is 1. The number of rotatable bonds is 7. The van der Waals surface area contributed by atoms with Crippen LogP contribution in [-0.4, -0.2) is 47.1 Å². The molecule has 0 heterocycles. The molecule has 0 aliphatic carbocycles. The van der Waals surface area contributed by atoms with Crippen molar-refractivity contribution in [2.24, 2.45) is 0 Å². The Balaban J connectivity index is 4.34. The third kappa shape index (κ3) is 4.73. The van der Waals surface area contributed by atoms with E-state index in [0.29, 0.717) is 0 Å². The quantitative estimate of drug-likeness (QED) is 0.703. The maximum absolute atomic E-state index is 11.7. The summed E-state index contributed by atoms with van der Waals surface area (Å²) in [4.78, 5) is 24.2. The van der Waals surface area contributed by atoms with Gasteiger partial charge in [0, 0.05) is 6.04 Å². The summed E-state index contributed by atoms with van der Waals surface area (Å²) < 4.78 is 0. The average Bonchev–Trinajstić information content (AvgIpc) is 2.25. The topological polar surface area (TPSA) is 69.6 Å². The molecule has 0 rings (SSSR count). The second-order valence-corrected chi connectivity index (χ2v) is 4.80. The van der Waals surface area contributed by atoms with E-state index in [-0.39, 0.29) is 18.5 Å². The van der Waals surface area contributed by atoms with Crippen LogP contribution in [0, 0.1) is 0 Å². The van der Waals surface area contributed by atoms with Gasteiger partial charge in [-0.15, -0.1) is 0 Å². The summed E-state index contributed by atoms with van der Waals surface area (Å²) in [6.07, 6.45) is 1.77. The number of carboxylic acid groups (broad SMARTS) is 1. The van der Waals surface area contributed by atoms with Gasteiger partial charge >= 0.3 is 5.97 Å². The number of aliphatic carboxylic acids is 1. The molecule has 0 spiro atoms. The highest BCUT2D eigenvalue weighted by Crippen LogP contribution is 2.11. The van der Waals surface area contributed by atoms with E-state index in [0.717, 1.165) is 12.8 Å². The van der Waals surface area contributed by atoms with Crippen LogP contribution in [0.3, 0.4) is 0 Å². The third-order valence-corrected chi connectivity index (χ3v) is 3.21. The zero-order chi connectivity index (χ0) is 13.6. The molecule has 5 heteroatoms. The van der Waals surface area contributed by atoms with Crippen molar-refractivity contribution in [3.63, 3.8) is 0 Å². The molecule has 100 valence electrons. The minimum absolute atomic E-state index is 0.0931. The number of nitrogens with one attached hydrogen (secondary N) is 1. The van der Waals surface area contributed by atoms with E-state index < -0.39 is 11.5 Å². The molecule has 0 saturated carbocycles. The summed E-state index contributed by atoms with van der Waals surface area (Å²) in [6, 6.07) is 0.170. The lowest BCUT2D eigenvalue weighted by Gasteiger charge is -2.31. The number of amides is 1. The van der Waals surface area contributed by atoms with E-state index in [1.807, 2.05) is 13.8 Å². The van der Waals surface area contributed by atoms with E-state index in [2.05, 4.69) is 5.32 Å². The summed E-state index contributed by atoms with van der Waals surface area (Å²) in [5.41, 5.74) is -1.04. The van der Waals surface area contributed by atoms with Gasteiger partial charge in [-0.2, -0.15) is 0 Å². The lowest BCUT2D eigenvalue weighted by atomic mass is 10.0. The fourth-order valence-electron chi connectivity index (χ4n) is 1.34. The van der Waals surface area contributed by atoms with Crippen LogP contribution in [0.5, 0.6) is 0 Å². The highest BCUT2D eigenvalue weighted by molar-refractivity contribution is 5.81. The second kappa shape index (κ2) is 6.59. The summed E-state index contributed by atoms with van der Waals surface area (Å²) in [5.74, 6) is -1.06. The molecule has 0 unspecified atom stereocenters. The Morgan fingerprint density at radius 3 is 2.12 bits per heavy atom. The highest BCUT2D eigenvalue weighted by Gasteiger charge is 2.33. The molecule has 2 N–H and O–H groups in total. The van der Waals surface area contributed by atoms with E-state index in [4.69, 9.17) is 5.11 Å². The smallest absolute Gasteiger partial charge is 0.323 e. The van der Waals surface area contributed by atoms with Crippen molar-refractivity contribution in [1.29, 1.82) is 0 Å². The van der Waals surface area contributed by atoms with Gasteiger partial charge in [0.15, 0.2) is 0 Å². The average molecular weight is 244 g/mol. The molecule has 0 bridgehead atoms. The molecule has 0 aliphatic heterocycles. The lowest BCUT2D eigenvalue weighted by molar-refractivity contribution is -0.149. The van der Waals surface area contributed by atoms with E-state index in [1.165, 1.54) is 4.90 Å². The molecule has 5 nitrogen and oxygen atoms in total. The fourth-order valence-corrected chi connectivity index (χ4v) is 1.34. The normalized spacial score (nSPS) is 11.9. The van der Waals surface area contributed by atoms with Crippen LogP contribution in [0.2, 0.25) is 0 Å². The number of likely N-dealkylation sites (N-methyl/N-ethyl adjacent to an activating group) is 1. The van der Waals surface area contributed by atoms with Crippen LogP contribution in [0.4, 0.5) is 0 Å². The SMILES string of the molecule is CCC(CC)NC(=O)CN(C)C(C)(C)C(=O)O. The van der Waals surface area contributed by atoms with E-state index in [9.17, 15) is 9.59 Å². The van der Waals surface area contributed by atoms with Gasteiger partial charge in [0.05, 0.1) is 6.54 Å². The molecular weight excluding hydrogens is 220 g/mol. The van der Waals surface area contributed by atoms with Crippen LogP contribution < -0.4 is 5.32 Å². The maximum Gasteiger partial charge on any atom is 0.323 e. The zero-order valence-corrected chi connectivity index (χ0v) is 11.4. The Morgan fingerprint density at radius 2 is 1.76 bits per heavy atom. The van der Waals surface area contributed by atoms with Gasteiger partial charge in [0.1, 0.15) is 5.54 Å². The monoisotopic (exact) mass is 244 g/mol. The molecule has 0 aromatic heterocycles. The van der Waals surface area contributed by atoms with E-state index >= 15 is 0 Å². The van der Waals surface area contributed by atoms with Crippen LogP contribution >= 0.6 is 0 Å². The van der Waals surface area contributed by atoms with E-state index in [1.54, 1.807) is 20.9 Å². The predicted octanol–water partition coefficient (Wildman–Crippen LogP) is 1.09. The fraction of sp³-hybridized carbons (Fsp3) is 0.833. The minimum atomic E-state index is -1.04. The Morgan fingerprint density at radius 1 is 1.29 bits per heavy atom. The van der Waals surface area contributed by atoms with Gasteiger partial charge in [0.2, 0.25) is 5.91 Å². The van der Waals surface area contributed by atoms with Crippen molar-refractivity contribution in [2.75, 3.05) is 13.6 Å². The third-order valence-electron chi connectivity index (χ3n) is 3.21. The molecule has 0 aromatic carbocycles. The predicted molar refractivity (Wildman–Crippen MR) is 66.9 cm³/mol. The first-order valence-corrected chi connectivity index (χ1v) is 5.99. The molecule has 1 amide bonds. The number of carbonyl (C=O) groups excluding carboxylic acids is 1. The van der Waals surface area contributed by atoms with Gasteiger partial charge in [-0.1, -0.05) is 13.8 Å². The zero-order valence-electron chi connectivity index (χ0n) is 11.4. The summed E-state index contributed by atoms with van der Waals surface area (Å²) >= 11 is 0. The Hall–Kier alpha value is -1.10. The van der Waals surface area contributed by atoms with Crippen molar-refractivity contribution in [3.8, 4) is 0 Å². The number of carboxylic acids is 1. The Kier molecular flexibility index (Phi) is 6.16. The lowest BCUT2D eigenvalue weighted by Crippen LogP contribution is -2.52. The Bertz CT molecular complexity index is 273. The molecular formula is C12H24N2O3. The van der Waals surface area contributed by atoms with Crippen molar-refractivity contribution < 1.29 is 14.7 Å². The molecule has 0 fully saturated rings. The minimum Gasteiger partial charge on any atom is -0.480 e. The van der Waals surface area contributed by atoms with Crippen molar-refractivity contribution in [1.82, 2.24) is 10.2 Å². The van der Waals surface area contributed by atoms with Gasteiger partial charge in [-0.3, -0.25) is 14.5 Å². The summed E-state index contributed by atoms with van der Waals surface area (Å²) in [5, 5.41) is 11.9. The van der Waals surface area contributed by atoms with Crippen LogP contribution in [0.1, 0.15) is 40.5 Å². The second-order valence-electron chi connectivity index (χ2n) is 4.80. The molecule has 17 heavy (non-hydrogen) atoms. The number of hydrogen-bond acceptors (Lipinski definition) is 3. The summed E-state index contributed by atoms with van der Waals surface area (Å²) in [7, 11) is 1.64. The van der Waals surface area contributed by atoms with Gasteiger partial charge < -0.3 is 10.4 Å². The number of carbonyl (C=O) groups is 2. The molecule has 0 atom stereocenters. The van der Waals surface area contributed by atoms with Crippen molar-refractivity contribution in [3.05, 3.63) is 0 Å². The standard InChI is InChI=1S/C12H24N2O3/c1-6-9(7-2)13-10(15)8-14(5)12(3,4)11(16)17/h9H,6-8H2,1-5H3,(H,13,15)(H,16,17). The van der Waals surface area contributed by atoms with Crippen molar-refractivity contribution in [2.45, 2.75) is 52.1 Å². The van der Waals surface area contributed by atoms with Crippen molar-refractivity contribution >= 4 is 11.9 Å². The maximum atomic E-state index is 11.7. The van der Waals surface area contributed by atoms with Gasteiger partial charge in [-0.25, -0.2) is 0 Å². The molecule has 0 aromatic rings. The van der Waals surface area contributed by atoms with Crippen LogP contribution in [-0.2, 0) is 9.59 Å². The van der Waals surface area contributed by atoms with Gasteiger partial charge in [0.25, 0.3) is 0 Å². The first kappa shape index (κ1) is 15.9. The van der Waals surface area contributed by atoms with Crippen LogP contribution in [0.15, 0.2) is 0 Å². The summed E-state index contributed by atoms with van der Waals surface area (Å²) in [6.45, 7) is 7.29.